The molecule has 0 aromatic carbocycles. The Bertz CT molecular complexity index is 130. The van der Waals surface area contributed by atoms with Crippen LogP contribution < -0.4 is 0 Å². The van der Waals surface area contributed by atoms with E-state index < -0.39 is 0 Å². The van der Waals surface area contributed by atoms with Crippen LogP contribution in [0.25, 0.3) is 0 Å². The molecule has 0 aromatic heterocycles. The van der Waals surface area contributed by atoms with Crippen LogP contribution >= 0.6 is 15.9 Å². The third-order valence-corrected chi connectivity index (χ3v) is 3.46. The Labute approximate surface area is 77.6 Å². The minimum absolute atomic E-state index is 0.00199. The number of halogens is 1. The van der Waals surface area contributed by atoms with Gasteiger partial charge in [0.25, 0.3) is 0 Å². The lowest BCUT2D eigenvalue weighted by Gasteiger charge is -2.27. The topological polar surface area (TPSA) is 9.23 Å². The number of hydrogen-bond donors (Lipinski definition) is 0. The van der Waals surface area contributed by atoms with Crippen molar-refractivity contribution in [2.24, 2.45) is 5.92 Å². The summed E-state index contributed by atoms with van der Waals surface area (Å²) in [6.45, 7) is 6.43. The second kappa shape index (κ2) is 3.44. The lowest BCUT2D eigenvalue weighted by atomic mass is 10.1. The largest absolute Gasteiger partial charge is 0.371 e. The average molecular weight is 221 g/mol. The number of alkyl halides is 1. The van der Waals surface area contributed by atoms with Crippen LogP contribution in [0.3, 0.4) is 0 Å². The van der Waals surface area contributed by atoms with Crippen LogP contribution in [0.1, 0.15) is 33.6 Å². The predicted octanol–water partition coefficient (Wildman–Crippen LogP) is 2.98. The molecule has 1 aliphatic carbocycles. The molecule has 0 saturated heterocycles. The first kappa shape index (κ1) is 9.53. The molecule has 0 amide bonds. The van der Waals surface area contributed by atoms with Gasteiger partial charge in [0, 0.05) is 5.33 Å². The zero-order chi connectivity index (χ0) is 8.48. The quantitative estimate of drug-likeness (QED) is 0.663. The van der Waals surface area contributed by atoms with Gasteiger partial charge in [-0.05, 0) is 39.5 Å². The summed E-state index contributed by atoms with van der Waals surface area (Å²) in [5, 5.41) is 0.914. The molecule has 1 aliphatic rings. The summed E-state index contributed by atoms with van der Waals surface area (Å²) in [5.41, 5.74) is 0.00199. The molecule has 1 fully saturated rings. The van der Waals surface area contributed by atoms with E-state index in [4.69, 9.17) is 4.74 Å². The van der Waals surface area contributed by atoms with E-state index in [1.54, 1.807) is 0 Å². The summed E-state index contributed by atoms with van der Waals surface area (Å²) in [4.78, 5) is 0. The molecule has 0 bridgehead atoms. The van der Waals surface area contributed by atoms with Crippen molar-refractivity contribution in [1.82, 2.24) is 0 Å². The summed E-state index contributed by atoms with van der Waals surface area (Å²) < 4.78 is 5.86. The highest BCUT2D eigenvalue weighted by Crippen LogP contribution is 2.35. The van der Waals surface area contributed by atoms with Crippen molar-refractivity contribution < 1.29 is 4.74 Å². The Balaban J connectivity index is 2.27. The van der Waals surface area contributed by atoms with E-state index in [1.165, 1.54) is 12.8 Å². The van der Waals surface area contributed by atoms with Crippen molar-refractivity contribution in [1.29, 1.82) is 0 Å². The maximum atomic E-state index is 5.86. The molecule has 0 radical (unpaired) electrons. The summed E-state index contributed by atoms with van der Waals surface area (Å²) in [7, 11) is 0. The van der Waals surface area contributed by atoms with E-state index in [2.05, 4.69) is 36.7 Å². The zero-order valence-electron chi connectivity index (χ0n) is 7.56. The molecular weight excluding hydrogens is 204 g/mol. The van der Waals surface area contributed by atoms with Gasteiger partial charge in [0.1, 0.15) is 0 Å². The van der Waals surface area contributed by atoms with Crippen molar-refractivity contribution in [3.63, 3.8) is 0 Å². The van der Waals surface area contributed by atoms with Gasteiger partial charge in [0.05, 0.1) is 11.7 Å². The third-order valence-electron chi connectivity index (χ3n) is 2.11. The SMILES string of the molecule is CC(OC(C)(C)CBr)C1CC1. The first-order chi connectivity index (χ1) is 5.05. The van der Waals surface area contributed by atoms with E-state index in [1.807, 2.05) is 0 Å². The Morgan fingerprint density at radius 3 is 2.45 bits per heavy atom. The van der Waals surface area contributed by atoms with Gasteiger partial charge in [-0.2, -0.15) is 0 Å². The van der Waals surface area contributed by atoms with Crippen LogP contribution in [0.15, 0.2) is 0 Å². The molecule has 1 nitrogen and oxygen atoms in total. The van der Waals surface area contributed by atoms with E-state index in [0.29, 0.717) is 6.10 Å². The highest BCUT2D eigenvalue weighted by atomic mass is 79.9. The minimum atomic E-state index is 0.00199. The molecular formula is C9H17BrO. The van der Waals surface area contributed by atoms with Gasteiger partial charge in [0.2, 0.25) is 0 Å². The smallest absolute Gasteiger partial charge is 0.0726 e. The van der Waals surface area contributed by atoms with Crippen molar-refractivity contribution in [3.05, 3.63) is 0 Å². The van der Waals surface area contributed by atoms with Crippen LogP contribution in [0.5, 0.6) is 0 Å². The lowest BCUT2D eigenvalue weighted by molar-refractivity contribution is -0.0564. The van der Waals surface area contributed by atoms with Gasteiger partial charge in [-0.1, -0.05) is 15.9 Å². The van der Waals surface area contributed by atoms with Crippen LogP contribution in [-0.4, -0.2) is 17.0 Å². The Morgan fingerprint density at radius 1 is 1.55 bits per heavy atom. The third kappa shape index (κ3) is 3.12. The first-order valence-electron chi connectivity index (χ1n) is 4.29. The molecule has 0 heterocycles. The van der Waals surface area contributed by atoms with E-state index in [9.17, 15) is 0 Å². The van der Waals surface area contributed by atoms with Crippen LogP contribution in [-0.2, 0) is 4.74 Å². The number of ether oxygens (including phenoxy) is 1. The molecule has 11 heavy (non-hydrogen) atoms. The van der Waals surface area contributed by atoms with Gasteiger partial charge in [-0.3, -0.25) is 0 Å². The van der Waals surface area contributed by atoms with Gasteiger partial charge >= 0.3 is 0 Å². The molecule has 66 valence electrons. The van der Waals surface area contributed by atoms with Crippen molar-refractivity contribution in [3.8, 4) is 0 Å². The minimum Gasteiger partial charge on any atom is -0.371 e. The lowest BCUT2D eigenvalue weighted by Crippen LogP contribution is -2.31. The van der Waals surface area contributed by atoms with Crippen molar-refractivity contribution >= 4 is 15.9 Å². The van der Waals surface area contributed by atoms with Gasteiger partial charge < -0.3 is 4.74 Å². The first-order valence-corrected chi connectivity index (χ1v) is 5.41. The van der Waals surface area contributed by atoms with Gasteiger partial charge in [0.15, 0.2) is 0 Å². The average Bonchev–Trinajstić information content (AvgIpc) is 2.67. The highest BCUT2D eigenvalue weighted by Gasteiger charge is 2.32. The molecule has 1 atom stereocenters. The monoisotopic (exact) mass is 220 g/mol. The molecule has 0 spiro atoms. The predicted molar refractivity (Wildman–Crippen MR) is 51.1 cm³/mol. The van der Waals surface area contributed by atoms with E-state index in [-0.39, 0.29) is 5.60 Å². The molecule has 0 aliphatic heterocycles. The molecule has 0 N–H and O–H groups in total. The fraction of sp³-hybridized carbons (Fsp3) is 1.00. The molecule has 1 unspecified atom stereocenters. The number of rotatable bonds is 4. The zero-order valence-corrected chi connectivity index (χ0v) is 9.15. The van der Waals surface area contributed by atoms with Crippen LogP contribution in [0.2, 0.25) is 0 Å². The molecule has 1 saturated carbocycles. The fourth-order valence-electron chi connectivity index (χ4n) is 1.20. The molecule has 0 aromatic rings. The Hall–Kier alpha value is 0.440. The van der Waals surface area contributed by atoms with Crippen LogP contribution in [0, 0.1) is 5.92 Å². The summed E-state index contributed by atoms with van der Waals surface area (Å²) in [6.07, 6.45) is 3.17. The van der Waals surface area contributed by atoms with Crippen LogP contribution in [0.4, 0.5) is 0 Å². The van der Waals surface area contributed by atoms with Crippen molar-refractivity contribution in [2.45, 2.75) is 45.3 Å². The van der Waals surface area contributed by atoms with Crippen molar-refractivity contribution in [2.75, 3.05) is 5.33 Å². The summed E-state index contributed by atoms with van der Waals surface area (Å²) >= 11 is 3.44. The fourth-order valence-corrected chi connectivity index (χ4v) is 1.33. The maximum Gasteiger partial charge on any atom is 0.0726 e. The van der Waals surface area contributed by atoms with Gasteiger partial charge in [-0.25, -0.2) is 0 Å². The highest BCUT2D eigenvalue weighted by molar-refractivity contribution is 9.09. The van der Waals surface area contributed by atoms with Gasteiger partial charge in [-0.15, -0.1) is 0 Å². The van der Waals surface area contributed by atoms with E-state index in [0.717, 1.165) is 11.2 Å². The second-order valence-corrected chi connectivity index (χ2v) is 4.61. The summed E-state index contributed by atoms with van der Waals surface area (Å²) in [6, 6.07) is 0. The molecule has 2 heteroatoms. The normalized spacial score (nSPS) is 21.8. The maximum absolute atomic E-state index is 5.86. The second-order valence-electron chi connectivity index (χ2n) is 4.05. The Kier molecular flexibility index (Phi) is 2.98. The summed E-state index contributed by atoms with van der Waals surface area (Å²) in [5.74, 6) is 0.841. The Morgan fingerprint density at radius 2 is 2.09 bits per heavy atom. The number of hydrogen-bond acceptors (Lipinski definition) is 1. The standard InChI is InChI=1S/C9H17BrO/c1-7(8-4-5-8)11-9(2,3)6-10/h7-8H,4-6H2,1-3H3. The molecule has 1 rings (SSSR count). The van der Waals surface area contributed by atoms with E-state index >= 15 is 0 Å².